The van der Waals surface area contributed by atoms with Crippen LogP contribution in [0.15, 0.2) is 78.6 Å². The van der Waals surface area contributed by atoms with Crippen LogP contribution in [-0.2, 0) is 11.3 Å². The number of aryl methyl sites for hydroxylation is 1. The first-order valence-corrected chi connectivity index (χ1v) is 13.0. The summed E-state index contributed by atoms with van der Waals surface area (Å²) in [5.41, 5.74) is 4.26. The van der Waals surface area contributed by atoms with Crippen LogP contribution in [0.5, 0.6) is 11.5 Å². The Morgan fingerprint density at radius 2 is 1.69 bits per heavy atom. The number of phenolic OH excluding ortho intramolecular Hbond substituents is 2. The van der Waals surface area contributed by atoms with E-state index in [1.807, 2.05) is 55.5 Å². The van der Waals surface area contributed by atoms with Crippen molar-refractivity contribution in [2.75, 3.05) is 26.2 Å². The standard InChI is InChI=1S/C31H38N2O3/c1-3-10-28(36-22-21-32-18-7-4-5-8-19-32)11-6-9-20-33-30-17-16-27(35)23-29(30)24(2)31(33)25-12-14-26(34)15-13-25/h3,6,9-17,23,34-35H,4-5,7-8,18-22H2,1-2H3/b9-6+,10-3-,28-11+. The number of ether oxygens (including phenoxy) is 1. The van der Waals surface area contributed by atoms with E-state index in [2.05, 4.69) is 22.5 Å². The van der Waals surface area contributed by atoms with Crippen molar-refractivity contribution in [3.05, 3.63) is 84.2 Å². The Balaban J connectivity index is 1.50. The van der Waals surface area contributed by atoms with Crippen LogP contribution in [0.4, 0.5) is 0 Å². The minimum atomic E-state index is 0.245. The van der Waals surface area contributed by atoms with Crippen LogP contribution in [0, 0.1) is 6.92 Å². The molecular formula is C31H38N2O3. The molecule has 2 aromatic carbocycles. The zero-order valence-corrected chi connectivity index (χ0v) is 21.5. The van der Waals surface area contributed by atoms with Crippen molar-refractivity contribution in [3.8, 4) is 22.8 Å². The summed E-state index contributed by atoms with van der Waals surface area (Å²) in [7, 11) is 0. The topological polar surface area (TPSA) is 57.9 Å². The molecule has 1 aromatic heterocycles. The fraction of sp³-hybridized carbons (Fsp3) is 0.355. The summed E-state index contributed by atoms with van der Waals surface area (Å²) < 4.78 is 8.34. The summed E-state index contributed by atoms with van der Waals surface area (Å²) in [5.74, 6) is 1.36. The average Bonchev–Trinajstić information content (AvgIpc) is 3.02. The number of aromatic hydroxyl groups is 2. The lowest BCUT2D eigenvalue weighted by molar-refractivity contribution is 0.166. The number of nitrogens with zero attached hydrogens (tertiary/aromatic N) is 2. The largest absolute Gasteiger partial charge is 0.508 e. The van der Waals surface area contributed by atoms with Gasteiger partial charge in [0.25, 0.3) is 0 Å². The minimum Gasteiger partial charge on any atom is -0.508 e. The molecule has 0 bridgehead atoms. The predicted octanol–water partition coefficient (Wildman–Crippen LogP) is 6.94. The van der Waals surface area contributed by atoms with E-state index >= 15 is 0 Å². The molecule has 5 nitrogen and oxygen atoms in total. The molecule has 0 unspecified atom stereocenters. The van der Waals surface area contributed by atoms with E-state index in [9.17, 15) is 10.2 Å². The number of hydrogen-bond acceptors (Lipinski definition) is 4. The maximum absolute atomic E-state index is 10.1. The summed E-state index contributed by atoms with van der Waals surface area (Å²) in [6, 6.07) is 12.8. The molecule has 5 heteroatoms. The summed E-state index contributed by atoms with van der Waals surface area (Å²) in [6.45, 7) is 8.76. The van der Waals surface area contributed by atoms with Crippen LogP contribution in [0.25, 0.3) is 22.2 Å². The van der Waals surface area contributed by atoms with E-state index in [1.165, 1.54) is 38.8 Å². The van der Waals surface area contributed by atoms with Crippen molar-refractivity contribution >= 4 is 10.9 Å². The quantitative estimate of drug-likeness (QED) is 0.254. The Labute approximate surface area is 214 Å². The van der Waals surface area contributed by atoms with Gasteiger partial charge in [-0.25, -0.2) is 0 Å². The van der Waals surface area contributed by atoms with Gasteiger partial charge in [0.15, 0.2) is 0 Å². The van der Waals surface area contributed by atoms with E-state index in [1.54, 1.807) is 18.2 Å². The highest BCUT2D eigenvalue weighted by atomic mass is 16.5. The number of likely N-dealkylation sites (tertiary alicyclic amines) is 1. The van der Waals surface area contributed by atoms with Crippen LogP contribution in [0.3, 0.4) is 0 Å². The Hall–Kier alpha value is -3.44. The summed E-state index contributed by atoms with van der Waals surface area (Å²) in [6.07, 6.45) is 15.5. The van der Waals surface area contributed by atoms with Gasteiger partial charge in [-0.1, -0.05) is 31.1 Å². The first kappa shape index (κ1) is 25.6. The second-order valence-corrected chi connectivity index (χ2v) is 9.43. The first-order valence-electron chi connectivity index (χ1n) is 13.0. The molecule has 4 rings (SSSR count). The van der Waals surface area contributed by atoms with E-state index < -0.39 is 0 Å². The zero-order chi connectivity index (χ0) is 25.3. The van der Waals surface area contributed by atoms with Crippen molar-refractivity contribution in [2.45, 2.75) is 46.1 Å². The Kier molecular flexibility index (Phi) is 8.90. The summed E-state index contributed by atoms with van der Waals surface area (Å²) >= 11 is 0. The maximum Gasteiger partial charge on any atom is 0.119 e. The number of phenols is 2. The molecule has 0 spiro atoms. The van der Waals surface area contributed by atoms with Crippen LogP contribution >= 0.6 is 0 Å². The molecule has 3 aromatic rings. The number of benzene rings is 2. The van der Waals surface area contributed by atoms with E-state index in [4.69, 9.17) is 4.74 Å². The third-order valence-electron chi connectivity index (χ3n) is 6.83. The van der Waals surface area contributed by atoms with Crippen molar-refractivity contribution in [1.29, 1.82) is 0 Å². The highest BCUT2D eigenvalue weighted by Crippen LogP contribution is 2.35. The fourth-order valence-electron chi connectivity index (χ4n) is 4.99. The molecule has 0 aliphatic carbocycles. The maximum atomic E-state index is 10.1. The normalized spacial score (nSPS) is 15.8. The lowest BCUT2D eigenvalue weighted by Crippen LogP contribution is -2.28. The number of allylic oxidation sites excluding steroid dienone is 5. The van der Waals surface area contributed by atoms with Gasteiger partial charge in [-0.3, -0.25) is 4.90 Å². The number of aromatic nitrogens is 1. The van der Waals surface area contributed by atoms with Gasteiger partial charge >= 0.3 is 0 Å². The van der Waals surface area contributed by atoms with Crippen LogP contribution in [0.1, 0.15) is 38.2 Å². The summed E-state index contributed by atoms with van der Waals surface area (Å²) in [4.78, 5) is 2.51. The molecule has 36 heavy (non-hydrogen) atoms. The predicted molar refractivity (Wildman–Crippen MR) is 148 cm³/mol. The zero-order valence-electron chi connectivity index (χ0n) is 21.5. The molecule has 1 aliphatic rings. The Morgan fingerprint density at radius 3 is 2.42 bits per heavy atom. The van der Waals surface area contributed by atoms with Gasteiger partial charge in [0.05, 0.1) is 5.69 Å². The highest BCUT2D eigenvalue weighted by molar-refractivity contribution is 5.92. The minimum absolute atomic E-state index is 0.245. The van der Waals surface area contributed by atoms with Gasteiger partial charge in [-0.05, 0) is 106 Å². The first-order chi connectivity index (χ1) is 17.6. The third-order valence-corrected chi connectivity index (χ3v) is 6.83. The molecule has 0 atom stereocenters. The van der Waals surface area contributed by atoms with E-state index in [-0.39, 0.29) is 11.5 Å². The molecule has 2 heterocycles. The molecule has 0 radical (unpaired) electrons. The van der Waals surface area contributed by atoms with E-state index in [0.29, 0.717) is 13.2 Å². The van der Waals surface area contributed by atoms with Gasteiger partial charge in [-0.15, -0.1) is 0 Å². The van der Waals surface area contributed by atoms with Gasteiger partial charge in [0.1, 0.15) is 23.9 Å². The fourth-order valence-corrected chi connectivity index (χ4v) is 4.99. The smallest absolute Gasteiger partial charge is 0.119 e. The van der Waals surface area contributed by atoms with Gasteiger partial charge in [0, 0.05) is 24.0 Å². The monoisotopic (exact) mass is 486 g/mol. The lowest BCUT2D eigenvalue weighted by Gasteiger charge is -2.19. The average molecular weight is 487 g/mol. The third kappa shape index (κ3) is 6.41. The van der Waals surface area contributed by atoms with Crippen LogP contribution in [0.2, 0.25) is 0 Å². The van der Waals surface area contributed by atoms with Crippen molar-refractivity contribution in [3.63, 3.8) is 0 Å². The molecule has 2 N–H and O–H groups in total. The van der Waals surface area contributed by atoms with Gasteiger partial charge in [0.2, 0.25) is 0 Å². The van der Waals surface area contributed by atoms with E-state index in [0.717, 1.165) is 40.0 Å². The second kappa shape index (κ2) is 12.5. The van der Waals surface area contributed by atoms with Crippen molar-refractivity contribution in [2.24, 2.45) is 0 Å². The molecule has 0 saturated carbocycles. The Morgan fingerprint density at radius 1 is 0.972 bits per heavy atom. The molecule has 1 aliphatic heterocycles. The molecule has 190 valence electrons. The highest BCUT2D eigenvalue weighted by Gasteiger charge is 2.16. The van der Waals surface area contributed by atoms with Gasteiger partial charge in [-0.2, -0.15) is 0 Å². The molecule has 1 saturated heterocycles. The van der Waals surface area contributed by atoms with Gasteiger partial charge < -0.3 is 19.5 Å². The number of fused-ring (bicyclic) bond motifs is 1. The molecule has 0 amide bonds. The number of hydrogen-bond donors (Lipinski definition) is 2. The van der Waals surface area contributed by atoms with Crippen molar-refractivity contribution < 1.29 is 14.9 Å². The number of rotatable bonds is 9. The SMILES string of the molecule is C\C=C/C(=C\C=C\Cn1c(-c2ccc(O)cc2)c(C)c2cc(O)ccc21)OCCN1CCCCCC1. The second-order valence-electron chi connectivity index (χ2n) is 9.43. The van der Waals surface area contributed by atoms with Crippen molar-refractivity contribution in [1.82, 2.24) is 9.47 Å². The Bertz CT molecular complexity index is 1230. The molecule has 1 fully saturated rings. The van der Waals surface area contributed by atoms with Crippen LogP contribution < -0.4 is 0 Å². The molecular weight excluding hydrogens is 448 g/mol. The summed E-state index contributed by atoms with van der Waals surface area (Å²) in [5, 5.41) is 20.8. The van der Waals surface area contributed by atoms with Crippen LogP contribution in [-0.4, -0.2) is 45.9 Å². The lowest BCUT2D eigenvalue weighted by atomic mass is 10.1.